The highest BCUT2D eigenvalue weighted by Gasteiger charge is 2.15. The zero-order valence-electron chi connectivity index (χ0n) is 10.7. The molecule has 0 bridgehead atoms. The van der Waals surface area contributed by atoms with Crippen molar-refractivity contribution in [3.63, 3.8) is 0 Å². The highest BCUT2D eigenvalue weighted by atomic mass is 32.2. The summed E-state index contributed by atoms with van der Waals surface area (Å²) in [7, 11) is -7.54. The predicted molar refractivity (Wildman–Crippen MR) is 74.0 cm³/mol. The summed E-state index contributed by atoms with van der Waals surface area (Å²) >= 11 is 0. The first kappa shape index (κ1) is 16.8. The smallest absolute Gasteiger partial charge is 0.240 e. The molecule has 0 aromatic heterocycles. The van der Waals surface area contributed by atoms with Gasteiger partial charge in [0, 0.05) is 6.54 Å². The van der Waals surface area contributed by atoms with Crippen LogP contribution in [-0.4, -0.2) is 36.6 Å². The van der Waals surface area contributed by atoms with Gasteiger partial charge in [0.1, 0.15) is 0 Å². The van der Waals surface area contributed by atoms with Crippen LogP contribution in [0.15, 0.2) is 46.7 Å². The van der Waals surface area contributed by atoms with E-state index in [-0.39, 0.29) is 22.9 Å². The molecule has 0 aliphatic rings. The number of primary sulfonamides is 1. The largest absolute Gasteiger partial charge is 0.376 e. The molecule has 7 nitrogen and oxygen atoms in total. The highest BCUT2D eigenvalue weighted by molar-refractivity contribution is 7.89. The Bertz CT molecular complexity index is 651. The molecule has 0 aliphatic heterocycles. The van der Waals surface area contributed by atoms with E-state index in [4.69, 9.17) is 9.88 Å². The van der Waals surface area contributed by atoms with Crippen molar-refractivity contribution in [2.75, 3.05) is 19.8 Å². The van der Waals surface area contributed by atoms with E-state index in [9.17, 15) is 16.8 Å². The fourth-order valence-corrected chi connectivity index (χ4v) is 2.84. The second kappa shape index (κ2) is 6.95. The Kier molecular flexibility index (Phi) is 5.84. The van der Waals surface area contributed by atoms with Crippen LogP contribution in [0.1, 0.15) is 0 Å². The van der Waals surface area contributed by atoms with E-state index in [1.165, 1.54) is 12.1 Å². The molecule has 112 valence electrons. The lowest BCUT2D eigenvalue weighted by Gasteiger charge is -2.07. The quantitative estimate of drug-likeness (QED) is 0.509. The molecular formula is C11H16N2O5S2. The molecule has 0 heterocycles. The van der Waals surface area contributed by atoms with Crippen LogP contribution in [0, 0.1) is 0 Å². The van der Waals surface area contributed by atoms with Crippen molar-refractivity contribution in [1.82, 2.24) is 4.72 Å². The average molecular weight is 320 g/mol. The minimum Gasteiger partial charge on any atom is -0.376 e. The van der Waals surface area contributed by atoms with Gasteiger partial charge in [0.15, 0.2) is 0 Å². The maximum atomic E-state index is 11.9. The number of nitrogens with two attached hydrogens (primary N) is 1. The molecule has 0 saturated carbocycles. The maximum absolute atomic E-state index is 11.9. The molecule has 0 fully saturated rings. The van der Waals surface area contributed by atoms with Gasteiger partial charge in [0.25, 0.3) is 0 Å². The number of nitrogens with one attached hydrogen (secondary N) is 1. The third-order valence-electron chi connectivity index (χ3n) is 2.24. The molecule has 1 aromatic carbocycles. The second-order valence-corrected chi connectivity index (χ2v) is 7.11. The number of hydrogen-bond donors (Lipinski definition) is 2. The van der Waals surface area contributed by atoms with Crippen LogP contribution < -0.4 is 9.86 Å². The average Bonchev–Trinajstić information content (AvgIpc) is 2.37. The van der Waals surface area contributed by atoms with Gasteiger partial charge in [-0.15, -0.1) is 6.58 Å². The number of sulfonamides is 2. The zero-order chi connectivity index (χ0) is 15.2. The van der Waals surface area contributed by atoms with Crippen molar-refractivity contribution < 1.29 is 21.6 Å². The van der Waals surface area contributed by atoms with Gasteiger partial charge < -0.3 is 4.74 Å². The second-order valence-electron chi connectivity index (χ2n) is 3.78. The Morgan fingerprint density at radius 3 is 2.20 bits per heavy atom. The van der Waals surface area contributed by atoms with Crippen molar-refractivity contribution in [2.45, 2.75) is 9.79 Å². The molecule has 0 unspecified atom stereocenters. The van der Waals surface area contributed by atoms with Gasteiger partial charge >= 0.3 is 0 Å². The van der Waals surface area contributed by atoms with Gasteiger partial charge in [-0.25, -0.2) is 26.7 Å². The molecule has 9 heteroatoms. The fourth-order valence-electron chi connectivity index (χ4n) is 1.31. The molecule has 1 aromatic rings. The third kappa shape index (κ3) is 5.02. The highest BCUT2D eigenvalue weighted by Crippen LogP contribution is 2.12. The van der Waals surface area contributed by atoms with Gasteiger partial charge in [-0.05, 0) is 24.3 Å². The zero-order valence-corrected chi connectivity index (χ0v) is 12.3. The lowest BCUT2D eigenvalue weighted by atomic mass is 10.4. The van der Waals surface area contributed by atoms with Gasteiger partial charge in [-0.1, -0.05) is 6.08 Å². The normalized spacial score (nSPS) is 12.2. The van der Waals surface area contributed by atoms with Crippen molar-refractivity contribution in [3.05, 3.63) is 36.9 Å². The maximum Gasteiger partial charge on any atom is 0.240 e. The predicted octanol–water partition coefficient (Wildman–Crippen LogP) is -0.185. The van der Waals surface area contributed by atoms with E-state index in [0.717, 1.165) is 12.1 Å². The van der Waals surface area contributed by atoms with Gasteiger partial charge in [0.05, 0.1) is 23.0 Å². The Hall–Kier alpha value is -1.26. The van der Waals surface area contributed by atoms with E-state index in [0.29, 0.717) is 6.61 Å². The van der Waals surface area contributed by atoms with Gasteiger partial charge in [0.2, 0.25) is 20.0 Å². The van der Waals surface area contributed by atoms with Gasteiger partial charge in [-0.2, -0.15) is 0 Å². The fraction of sp³-hybridized carbons (Fsp3) is 0.273. The SMILES string of the molecule is C=CCOCCNS(=O)(=O)c1ccc(S(N)(=O)=O)cc1. The topological polar surface area (TPSA) is 116 Å². The Morgan fingerprint density at radius 2 is 1.70 bits per heavy atom. The summed E-state index contributed by atoms with van der Waals surface area (Å²) < 4.78 is 53.2. The van der Waals surface area contributed by atoms with E-state index < -0.39 is 20.0 Å². The lowest BCUT2D eigenvalue weighted by Crippen LogP contribution is -2.27. The van der Waals surface area contributed by atoms with Crippen molar-refractivity contribution in [3.8, 4) is 0 Å². The Balaban J connectivity index is 2.71. The molecule has 0 atom stereocenters. The summed E-state index contributed by atoms with van der Waals surface area (Å²) in [6.45, 7) is 4.11. The lowest BCUT2D eigenvalue weighted by molar-refractivity contribution is 0.168. The van der Waals surface area contributed by atoms with Crippen molar-refractivity contribution in [2.24, 2.45) is 5.14 Å². The van der Waals surface area contributed by atoms with Crippen molar-refractivity contribution >= 4 is 20.0 Å². The summed E-state index contributed by atoms with van der Waals surface area (Å²) in [6.07, 6.45) is 1.56. The Morgan fingerprint density at radius 1 is 1.15 bits per heavy atom. The first-order chi connectivity index (χ1) is 9.27. The van der Waals surface area contributed by atoms with Crippen LogP contribution in [0.25, 0.3) is 0 Å². The summed E-state index contributed by atoms with van der Waals surface area (Å²) in [5.41, 5.74) is 0. The first-order valence-electron chi connectivity index (χ1n) is 5.58. The van der Waals surface area contributed by atoms with Crippen LogP contribution in [0.4, 0.5) is 0 Å². The van der Waals surface area contributed by atoms with Crippen LogP contribution in [-0.2, 0) is 24.8 Å². The first-order valence-corrected chi connectivity index (χ1v) is 8.61. The molecule has 1 rings (SSSR count). The third-order valence-corrected chi connectivity index (χ3v) is 4.64. The van der Waals surface area contributed by atoms with Crippen LogP contribution in [0.5, 0.6) is 0 Å². The Labute approximate surface area is 118 Å². The van der Waals surface area contributed by atoms with Crippen molar-refractivity contribution in [1.29, 1.82) is 0 Å². The molecule has 0 saturated heterocycles. The molecule has 3 N–H and O–H groups in total. The van der Waals surface area contributed by atoms with Gasteiger partial charge in [-0.3, -0.25) is 0 Å². The number of rotatable bonds is 8. The molecule has 0 radical (unpaired) electrons. The van der Waals surface area contributed by atoms with E-state index in [2.05, 4.69) is 11.3 Å². The number of benzene rings is 1. The van der Waals surface area contributed by atoms with E-state index >= 15 is 0 Å². The molecule has 20 heavy (non-hydrogen) atoms. The number of hydrogen-bond acceptors (Lipinski definition) is 5. The number of ether oxygens (including phenoxy) is 1. The van der Waals surface area contributed by atoms with Crippen LogP contribution in [0.3, 0.4) is 0 Å². The molecule has 0 spiro atoms. The van der Waals surface area contributed by atoms with Crippen LogP contribution in [0.2, 0.25) is 0 Å². The summed E-state index contributed by atoms with van der Waals surface area (Å²) in [4.78, 5) is -0.195. The van der Waals surface area contributed by atoms with Crippen LogP contribution >= 0.6 is 0 Å². The molecule has 0 amide bonds. The summed E-state index contributed by atoms with van der Waals surface area (Å²) in [5, 5.41) is 4.93. The monoisotopic (exact) mass is 320 g/mol. The minimum atomic E-state index is -3.84. The minimum absolute atomic E-state index is 0.0476. The standard InChI is InChI=1S/C11H16N2O5S2/c1-2-8-18-9-7-13-20(16,17)11-5-3-10(4-6-11)19(12,14)15/h2-6,13H,1,7-9H2,(H2,12,14,15). The van der Waals surface area contributed by atoms with E-state index in [1.54, 1.807) is 6.08 Å². The summed E-state index contributed by atoms with van der Waals surface area (Å²) in [5.74, 6) is 0. The molecular weight excluding hydrogens is 304 g/mol. The molecule has 0 aliphatic carbocycles. The summed E-state index contributed by atoms with van der Waals surface area (Å²) in [6, 6.07) is 4.62. The van der Waals surface area contributed by atoms with E-state index in [1.807, 2.05) is 0 Å².